The number of thioether (sulfide) groups is 1. The first-order chi connectivity index (χ1) is 10.8. The molecule has 0 aromatic heterocycles. The Bertz CT molecular complexity index is 686. The Morgan fingerprint density at radius 1 is 1.22 bits per heavy atom. The van der Waals surface area contributed by atoms with Crippen LogP contribution < -0.4 is 0 Å². The van der Waals surface area contributed by atoms with Crippen LogP contribution in [0, 0.1) is 20.8 Å². The van der Waals surface area contributed by atoms with Crippen LogP contribution in [0.15, 0.2) is 17.0 Å². The molecule has 0 aliphatic carbocycles. The Hall–Kier alpha value is -2.08. The topological polar surface area (TPSA) is 63.7 Å². The van der Waals surface area contributed by atoms with E-state index in [2.05, 4.69) is 0 Å². The van der Waals surface area contributed by atoms with Crippen molar-refractivity contribution < 1.29 is 19.1 Å². The summed E-state index contributed by atoms with van der Waals surface area (Å²) < 4.78 is 4.79. The summed E-state index contributed by atoms with van der Waals surface area (Å²) in [5.41, 5.74) is 4.16. The highest BCUT2D eigenvalue weighted by Crippen LogP contribution is 2.33. The fraction of sp³-hybridized carbons (Fsp3) is 0.353. The molecule has 1 heterocycles. The lowest BCUT2D eigenvalue weighted by Gasteiger charge is -2.11. The SMILES string of the molecule is CCOC(=O)CN1C(=O)SC(=Cc2c(C)cc(C)cc2C)C1=O. The maximum atomic E-state index is 12.4. The normalized spacial score (nSPS) is 16.3. The van der Waals surface area contributed by atoms with Gasteiger partial charge in [0.1, 0.15) is 6.54 Å². The zero-order chi connectivity index (χ0) is 17.1. The molecule has 0 unspecified atom stereocenters. The molecule has 23 heavy (non-hydrogen) atoms. The summed E-state index contributed by atoms with van der Waals surface area (Å²) in [5, 5.41) is -0.447. The van der Waals surface area contributed by atoms with E-state index in [-0.39, 0.29) is 13.2 Å². The van der Waals surface area contributed by atoms with Gasteiger partial charge in [0, 0.05) is 0 Å². The highest BCUT2D eigenvalue weighted by Gasteiger charge is 2.36. The molecule has 0 N–H and O–H groups in total. The molecular formula is C17H19NO4S. The lowest BCUT2D eigenvalue weighted by atomic mass is 9.99. The molecule has 0 saturated carbocycles. The number of aryl methyl sites for hydroxylation is 3. The third-order valence-corrected chi connectivity index (χ3v) is 4.39. The molecule has 0 atom stereocenters. The van der Waals surface area contributed by atoms with Crippen LogP contribution in [-0.2, 0) is 14.3 Å². The van der Waals surface area contributed by atoms with Gasteiger partial charge in [0.15, 0.2) is 0 Å². The zero-order valence-electron chi connectivity index (χ0n) is 13.6. The third kappa shape index (κ3) is 3.82. The van der Waals surface area contributed by atoms with Crippen LogP contribution in [0.5, 0.6) is 0 Å². The number of ether oxygens (including phenoxy) is 1. The number of hydrogen-bond donors (Lipinski definition) is 0. The van der Waals surface area contributed by atoms with E-state index in [0.717, 1.165) is 38.9 Å². The van der Waals surface area contributed by atoms with Crippen molar-refractivity contribution in [2.24, 2.45) is 0 Å². The van der Waals surface area contributed by atoms with E-state index in [0.29, 0.717) is 4.91 Å². The number of nitrogens with zero attached hydrogens (tertiary/aromatic N) is 1. The number of esters is 1. The number of amides is 2. The summed E-state index contributed by atoms with van der Waals surface area (Å²) in [6.07, 6.45) is 1.72. The van der Waals surface area contributed by atoms with Gasteiger partial charge in [-0.05, 0) is 62.2 Å². The molecule has 2 rings (SSSR count). The Morgan fingerprint density at radius 2 is 1.83 bits per heavy atom. The van der Waals surface area contributed by atoms with Gasteiger partial charge in [-0.2, -0.15) is 0 Å². The minimum Gasteiger partial charge on any atom is -0.465 e. The Balaban J connectivity index is 2.27. The number of carbonyl (C=O) groups excluding carboxylic acids is 3. The van der Waals surface area contributed by atoms with Gasteiger partial charge >= 0.3 is 5.97 Å². The first-order valence-corrected chi connectivity index (χ1v) is 8.14. The van der Waals surface area contributed by atoms with Crippen molar-refractivity contribution in [3.63, 3.8) is 0 Å². The Kier molecular flexibility index (Phi) is 5.26. The van der Waals surface area contributed by atoms with E-state index in [9.17, 15) is 14.4 Å². The quantitative estimate of drug-likeness (QED) is 0.625. The monoisotopic (exact) mass is 333 g/mol. The molecule has 0 bridgehead atoms. The smallest absolute Gasteiger partial charge is 0.326 e. The number of carbonyl (C=O) groups is 3. The second kappa shape index (κ2) is 7.00. The van der Waals surface area contributed by atoms with E-state index in [1.165, 1.54) is 0 Å². The lowest BCUT2D eigenvalue weighted by Crippen LogP contribution is -2.34. The van der Waals surface area contributed by atoms with Crippen molar-refractivity contribution in [3.8, 4) is 0 Å². The predicted molar refractivity (Wildman–Crippen MR) is 90.0 cm³/mol. The van der Waals surface area contributed by atoms with Gasteiger partial charge in [0.25, 0.3) is 11.1 Å². The Morgan fingerprint density at radius 3 is 2.39 bits per heavy atom. The fourth-order valence-electron chi connectivity index (χ4n) is 2.52. The van der Waals surface area contributed by atoms with Crippen LogP contribution >= 0.6 is 11.8 Å². The predicted octanol–water partition coefficient (Wildman–Crippen LogP) is 3.21. The molecular weight excluding hydrogens is 314 g/mol. The average Bonchev–Trinajstić information content (AvgIpc) is 2.70. The van der Waals surface area contributed by atoms with Crippen molar-refractivity contribution in [2.45, 2.75) is 27.7 Å². The Labute approximate surface area is 139 Å². The molecule has 1 fully saturated rings. The number of hydrogen-bond acceptors (Lipinski definition) is 5. The van der Waals surface area contributed by atoms with Crippen molar-refractivity contribution in [1.82, 2.24) is 4.90 Å². The maximum absolute atomic E-state index is 12.4. The highest BCUT2D eigenvalue weighted by molar-refractivity contribution is 8.18. The molecule has 0 spiro atoms. The van der Waals surface area contributed by atoms with Gasteiger partial charge in [-0.1, -0.05) is 17.7 Å². The molecule has 5 nitrogen and oxygen atoms in total. The summed E-state index contributed by atoms with van der Waals surface area (Å²) >= 11 is 0.849. The molecule has 1 aliphatic heterocycles. The number of imide groups is 1. The maximum Gasteiger partial charge on any atom is 0.326 e. The van der Waals surface area contributed by atoms with E-state index >= 15 is 0 Å². The van der Waals surface area contributed by atoms with E-state index in [1.54, 1.807) is 13.0 Å². The van der Waals surface area contributed by atoms with E-state index < -0.39 is 17.1 Å². The van der Waals surface area contributed by atoms with Crippen LogP contribution in [0.3, 0.4) is 0 Å². The van der Waals surface area contributed by atoms with Gasteiger partial charge in [-0.3, -0.25) is 19.3 Å². The van der Waals surface area contributed by atoms with E-state index in [4.69, 9.17) is 4.74 Å². The largest absolute Gasteiger partial charge is 0.465 e. The first-order valence-electron chi connectivity index (χ1n) is 7.32. The molecule has 122 valence electrons. The van der Waals surface area contributed by atoms with Crippen molar-refractivity contribution >= 4 is 35.0 Å². The summed E-state index contributed by atoms with van der Waals surface area (Å²) in [4.78, 5) is 37.1. The standard InChI is InChI=1S/C17H19NO4S/c1-5-22-15(19)9-18-16(20)14(23-17(18)21)8-13-11(3)6-10(2)7-12(13)4/h6-8H,5,9H2,1-4H3. The van der Waals surface area contributed by atoms with Gasteiger partial charge in [0.05, 0.1) is 11.5 Å². The fourth-order valence-corrected chi connectivity index (χ4v) is 3.34. The molecule has 6 heteroatoms. The van der Waals surface area contributed by atoms with Crippen molar-refractivity contribution in [3.05, 3.63) is 39.3 Å². The van der Waals surface area contributed by atoms with Crippen LogP contribution in [0.4, 0.5) is 4.79 Å². The summed E-state index contributed by atoms with van der Waals surface area (Å²) in [7, 11) is 0. The summed E-state index contributed by atoms with van der Waals surface area (Å²) in [6, 6.07) is 4.06. The molecule has 1 aliphatic rings. The zero-order valence-corrected chi connectivity index (χ0v) is 14.5. The minimum atomic E-state index is -0.584. The van der Waals surface area contributed by atoms with Crippen molar-refractivity contribution in [1.29, 1.82) is 0 Å². The van der Waals surface area contributed by atoms with Crippen LogP contribution in [-0.4, -0.2) is 35.2 Å². The van der Waals surface area contributed by atoms with Crippen LogP contribution in [0.1, 0.15) is 29.2 Å². The molecule has 1 aromatic carbocycles. The third-order valence-electron chi connectivity index (χ3n) is 3.48. The van der Waals surface area contributed by atoms with E-state index in [1.807, 2.05) is 32.9 Å². The summed E-state index contributed by atoms with van der Waals surface area (Å²) in [5.74, 6) is -1.04. The van der Waals surface area contributed by atoms with Gasteiger partial charge < -0.3 is 4.74 Å². The summed E-state index contributed by atoms with van der Waals surface area (Å²) in [6.45, 7) is 7.49. The lowest BCUT2D eigenvalue weighted by molar-refractivity contribution is -0.145. The average molecular weight is 333 g/mol. The van der Waals surface area contributed by atoms with Gasteiger partial charge in [-0.25, -0.2) is 0 Å². The molecule has 2 amide bonds. The van der Waals surface area contributed by atoms with Crippen LogP contribution in [0.2, 0.25) is 0 Å². The number of benzene rings is 1. The molecule has 1 aromatic rings. The van der Waals surface area contributed by atoms with Gasteiger partial charge in [-0.15, -0.1) is 0 Å². The second-order valence-corrected chi connectivity index (χ2v) is 6.38. The molecule has 0 radical (unpaired) electrons. The van der Waals surface area contributed by atoms with Gasteiger partial charge in [0.2, 0.25) is 0 Å². The van der Waals surface area contributed by atoms with Crippen LogP contribution in [0.25, 0.3) is 6.08 Å². The minimum absolute atomic E-state index is 0.215. The van der Waals surface area contributed by atoms with Crippen molar-refractivity contribution in [2.75, 3.05) is 13.2 Å². The second-order valence-electron chi connectivity index (χ2n) is 5.39. The first kappa shape index (κ1) is 17.3. The number of rotatable bonds is 4. The molecule has 1 saturated heterocycles. The highest BCUT2D eigenvalue weighted by atomic mass is 32.2.